The Labute approximate surface area is 73.3 Å². The summed E-state index contributed by atoms with van der Waals surface area (Å²) >= 11 is 0. The van der Waals surface area contributed by atoms with Gasteiger partial charge in [0.1, 0.15) is 0 Å². The third kappa shape index (κ3) is 2.93. The average molecular weight is 165 g/mol. The maximum atomic E-state index is 4.94. The molecular formula is C10H15NO. The van der Waals surface area contributed by atoms with Gasteiger partial charge >= 0.3 is 0 Å². The predicted octanol–water partition coefficient (Wildman–Crippen LogP) is 2.29. The molecule has 0 spiro atoms. The van der Waals surface area contributed by atoms with E-state index >= 15 is 0 Å². The lowest BCUT2D eigenvalue weighted by atomic mass is 10.2. The molecule has 66 valence electrons. The van der Waals surface area contributed by atoms with Crippen molar-refractivity contribution >= 4 is 6.08 Å². The van der Waals surface area contributed by atoms with Gasteiger partial charge in [-0.25, -0.2) is 0 Å². The molecule has 1 heterocycles. The van der Waals surface area contributed by atoms with Crippen LogP contribution in [0.2, 0.25) is 0 Å². The molecule has 1 aromatic heterocycles. The first-order valence-corrected chi connectivity index (χ1v) is 4.26. The molecule has 1 atom stereocenters. The normalized spacial score (nSPS) is 13.8. The van der Waals surface area contributed by atoms with Gasteiger partial charge in [-0.2, -0.15) is 0 Å². The van der Waals surface area contributed by atoms with Crippen molar-refractivity contribution in [2.75, 3.05) is 6.54 Å². The number of furan rings is 1. The monoisotopic (exact) mass is 165 g/mol. The highest BCUT2D eigenvalue weighted by atomic mass is 16.3. The highest BCUT2D eigenvalue weighted by Crippen LogP contribution is 2.02. The van der Waals surface area contributed by atoms with E-state index in [2.05, 4.69) is 31.3 Å². The molecule has 2 heteroatoms. The van der Waals surface area contributed by atoms with Crippen LogP contribution < -0.4 is 5.32 Å². The third-order valence-electron chi connectivity index (χ3n) is 1.65. The molecule has 12 heavy (non-hydrogen) atoms. The summed E-state index contributed by atoms with van der Waals surface area (Å²) in [5.41, 5.74) is 1.11. The molecule has 0 amide bonds. The third-order valence-corrected chi connectivity index (χ3v) is 1.65. The van der Waals surface area contributed by atoms with Gasteiger partial charge < -0.3 is 9.73 Å². The van der Waals surface area contributed by atoms with Crippen LogP contribution in [0.15, 0.2) is 29.1 Å². The Morgan fingerprint density at radius 1 is 1.67 bits per heavy atom. The molecule has 0 aromatic carbocycles. The lowest BCUT2D eigenvalue weighted by Crippen LogP contribution is -2.22. The van der Waals surface area contributed by atoms with Crippen molar-refractivity contribution < 1.29 is 4.42 Å². The van der Waals surface area contributed by atoms with Gasteiger partial charge in [0.15, 0.2) is 0 Å². The fourth-order valence-electron chi connectivity index (χ4n) is 1.02. The molecule has 1 unspecified atom stereocenters. The Morgan fingerprint density at radius 2 is 2.50 bits per heavy atom. The van der Waals surface area contributed by atoms with Crippen molar-refractivity contribution in [1.29, 1.82) is 0 Å². The minimum absolute atomic E-state index is 0.421. The van der Waals surface area contributed by atoms with Gasteiger partial charge in [-0.15, -0.1) is 0 Å². The van der Waals surface area contributed by atoms with Crippen LogP contribution in [0.3, 0.4) is 0 Å². The Kier molecular flexibility index (Phi) is 3.61. The molecule has 1 rings (SSSR count). The van der Waals surface area contributed by atoms with Gasteiger partial charge in [-0.3, -0.25) is 0 Å². The van der Waals surface area contributed by atoms with Gasteiger partial charge in [-0.1, -0.05) is 19.1 Å². The maximum Gasteiger partial charge on any atom is 0.0974 e. The van der Waals surface area contributed by atoms with Crippen LogP contribution in [0.5, 0.6) is 0 Å². The van der Waals surface area contributed by atoms with Crippen LogP contribution in [0.4, 0.5) is 0 Å². The van der Waals surface area contributed by atoms with Gasteiger partial charge in [0.05, 0.1) is 12.5 Å². The molecular weight excluding hydrogens is 150 g/mol. The molecule has 1 N–H and O–H groups in total. The van der Waals surface area contributed by atoms with Crippen molar-refractivity contribution in [2.24, 2.45) is 0 Å². The number of rotatable bonds is 4. The summed E-state index contributed by atoms with van der Waals surface area (Å²) in [6.07, 6.45) is 7.58. The zero-order valence-corrected chi connectivity index (χ0v) is 7.58. The van der Waals surface area contributed by atoms with Crippen LogP contribution in [-0.2, 0) is 0 Å². The van der Waals surface area contributed by atoms with E-state index < -0.39 is 0 Å². The lowest BCUT2D eigenvalue weighted by Gasteiger charge is -2.04. The minimum atomic E-state index is 0.421. The lowest BCUT2D eigenvalue weighted by molar-refractivity contribution is 0.567. The molecule has 0 aliphatic heterocycles. The Balaban J connectivity index is 2.40. The zero-order valence-electron chi connectivity index (χ0n) is 7.58. The Hall–Kier alpha value is -1.02. The van der Waals surface area contributed by atoms with Crippen molar-refractivity contribution in [3.8, 4) is 0 Å². The van der Waals surface area contributed by atoms with E-state index in [4.69, 9.17) is 4.42 Å². The molecule has 1 aromatic rings. The molecule has 0 aliphatic rings. The largest absolute Gasteiger partial charge is 0.472 e. The summed E-state index contributed by atoms with van der Waals surface area (Å²) in [5, 5.41) is 3.29. The molecule has 0 saturated carbocycles. The second-order valence-electron chi connectivity index (χ2n) is 2.76. The van der Waals surface area contributed by atoms with Crippen LogP contribution in [0, 0.1) is 0 Å². The summed E-state index contributed by atoms with van der Waals surface area (Å²) in [6.45, 7) is 5.22. The number of hydrogen-bond acceptors (Lipinski definition) is 2. The van der Waals surface area contributed by atoms with Crippen molar-refractivity contribution in [3.05, 3.63) is 30.2 Å². The highest BCUT2D eigenvalue weighted by Gasteiger charge is 1.92. The molecule has 0 fully saturated rings. The summed E-state index contributed by atoms with van der Waals surface area (Å²) in [7, 11) is 0. The smallest absolute Gasteiger partial charge is 0.0974 e. The standard InChI is InChI=1S/C10H15NO/c1-3-11-9(2)4-5-10-6-7-12-8-10/h4-9,11H,3H2,1-2H3/b5-4+. The van der Waals surface area contributed by atoms with Crippen LogP contribution in [-0.4, -0.2) is 12.6 Å². The molecule has 0 bridgehead atoms. The minimum Gasteiger partial charge on any atom is -0.472 e. The summed E-state index contributed by atoms with van der Waals surface area (Å²) in [5.74, 6) is 0. The summed E-state index contributed by atoms with van der Waals surface area (Å²) in [4.78, 5) is 0. The first-order chi connectivity index (χ1) is 5.83. The molecule has 0 radical (unpaired) electrons. The average Bonchev–Trinajstić information content (AvgIpc) is 2.53. The fourth-order valence-corrected chi connectivity index (χ4v) is 1.02. The number of likely N-dealkylation sites (N-methyl/N-ethyl adjacent to an activating group) is 1. The zero-order chi connectivity index (χ0) is 8.81. The van der Waals surface area contributed by atoms with Crippen molar-refractivity contribution in [3.63, 3.8) is 0 Å². The first-order valence-electron chi connectivity index (χ1n) is 4.26. The van der Waals surface area contributed by atoms with E-state index in [9.17, 15) is 0 Å². The molecule has 0 saturated heterocycles. The SMILES string of the molecule is CCNC(C)/C=C/c1ccoc1. The quantitative estimate of drug-likeness (QED) is 0.740. The number of hydrogen-bond donors (Lipinski definition) is 1. The summed E-state index contributed by atoms with van der Waals surface area (Å²) < 4.78 is 4.94. The van der Waals surface area contributed by atoms with Gasteiger partial charge in [0, 0.05) is 11.6 Å². The topological polar surface area (TPSA) is 25.2 Å². The number of nitrogens with one attached hydrogen (secondary N) is 1. The first kappa shape index (κ1) is 9.07. The van der Waals surface area contributed by atoms with E-state index in [1.54, 1.807) is 12.5 Å². The highest BCUT2D eigenvalue weighted by molar-refractivity contribution is 5.47. The predicted molar refractivity (Wildman–Crippen MR) is 50.9 cm³/mol. The summed E-state index contributed by atoms with van der Waals surface area (Å²) in [6, 6.07) is 2.36. The van der Waals surface area contributed by atoms with E-state index in [1.807, 2.05) is 6.07 Å². The Morgan fingerprint density at radius 3 is 3.08 bits per heavy atom. The van der Waals surface area contributed by atoms with Crippen molar-refractivity contribution in [2.45, 2.75) is 19.9 Å². The second kappa shape index (κ2) is 4.78. The van der Waals surface area contributed by atoms with Crippen LogP contribution >= 0.6 is 0 Å². The van der Waals surface area contributed by atoms with Gasteiger partial charge in [0.25, 0.3) is 0 Å². The van der Waals surface area contributed by atoms with E-state index in [1.165, 1.54) is 0 Å². The van der Waals surface area contributed by atoms with Crippen LogP contribution in [0.1, 0.15) is 19.4 Å². The Bertz CT molecular complexity index is 226. The van der Waals surface area contributed by atoms with E-state index in [0.29, 0.717) is 6.04 Å². The molecule has 0 aliphatic carbocycles. The van der Waals surface area contributed by atoms with Gasteiger partial charge in [-0.05, 0) is 19.5 Å². The van der Waals surface area contributed by atoms with Crippen LogP contribution in [0.25, 0.3) is 6.08 Å². The maximum absolute atomic E-state index is 4.94. The van der Waals surface area contributed by atoms with E-state index in [0.717, 1.165) is 12.1 Å². The van der Waals surface area contributed by atoms with Crippen molar-refractivity contribution in [1.82, 2.24) is 5.32 Å². The fraction of sp³-hybridized carbons (Fsp3) is 0.400. The molecule has 2 nitrogen and oxygen atoms in total. The second-order valence-corrected chi connectivity index (χ2v) is 2.76. The van der Waals surface area contributed by atoms with Gasteiger partial charge in [0.2, 0.25) is 0 Å². The van der Waals surface area contributed by atoms with E-state index in [-0.39, 0.29) is 0 Å².